The van der Waals surface area contributed by atoms with E-state index in [1.807, 2.05) is 6.92 Å². The molecule has 1 fully saturated rings. The van der Waals surface area contributed by atoms with Gasteiger partial charge in [0.2, 0.25) is 0 Å². The van der Waals surface area contributed by atoms with E-state index in [4.69, 9.17) is 14.2 Å². The Balaban J connectivity index is 3.23. The quantitative estimate of drug-likeness (QED) is 0.399. The number of amides is 1. The zero-order valence-electron chi connectivity index (χ0n) is 16.3. The standard InChI is InChI=1S/C18H29NO7/c1-11(7-8-20)13-10-19(17(23)26-18(2,3)4)15(16(22)25-6)12(13)9-14(21)24-5/h8,11-13,15H,7,9-10H2,1-6H3/t11-,12-,13+,15-/m0/s1. The summed E-state index contributed by atoms with van der Waals surface area (Å²) in [6.45, 7) is 7.24. The number of nitrogens with zero attached hydrogens (tertiary/aromatic N) is 1. The van der Waals surface area contributed by atoms with Gasteiger partial charge in [-0.1, -0.05) is 6.92 Å². The number of hydrogen-bond donors (Lipinski definition) is 0. The lowest BCUT2D eigenvalue weighted by molar-refractivity contribution is -0.149. The molecule has 8 heteroatoms. The minimum atomic E-state index is -0.965. The highest BCUT2D eigenvalue weighted by Gasteiger charge is 2.51. The number of hydrogen-bond acceptors (Lipinski definition) is 7. The Morgan fingerprint density at radius 2 is 1.81 bits per heavy atom. The van der Waals surface area contributed by atoms with Crippen LogP contribution in [0.5, 0.6) is 0 Å². The van der Waals surface area contributed by atoms with Gasteiger partial charge in [-0.3, -0.25) is 9.69 Å². The van der Waals surface area contributed by atoms with Crippen molar-refractivity contribution in [3.63, 3.8) is 0 Å². The van der Waals surface area contributed by atoms with E-state index in [0.29, 0.717) is 0 Å². The molecule has 0 unspecified atom stereocenters. The maximum Gasteiger partial charge on any atom is 0.411 e. The van der Waals surface area contributed by atoms with Crippen LogP contribution in [0.25, 0.3) is 0 Å². The largest absolute Gasteiger partial charge is 0.469 e. The first-order valence-electron chi connectivity index (χ1n) is 8.63. The molecule has 1 aliphatic rings. The number of carbonyl (C=O) groups excluding carboxylic acids is 4. The van der Waals surface area contributed by atoms with Crippen LogP contribution < -0.4 is 0 Å². The molecule has 1 rings (SSSR count). The van der Waals surface area contributed by atoms with Gasteiger partial charge in [0, 0.05) is 18.9 Å². The van der Waals surface area contributed by atoms with Crippen LogP contribution in [0.4, 0.5) is 4.79 Å². The summed E-state index contributed by atoms with van der Waals surface area (Å²) < 4.78 is 15.0. The fourth-order valence-corrected chi connectivity index (χ4v) is 3.34. The van der Waals surface area contributed by atoms with E-state index in [9.17, 15) is 19.2 Å². The van der Waals surface area contributed by atoms with Crippen molar-refractivity contribution in [3.8, 4) is 0 Å². The van der Waals surface area contributed by atoms with Gasteiger partial charge in [-0.15, -0.1) is 0 Å². The van der Waals surface area contributed by atoms with Gasteiger partial charge in [-0.2, -0.15) is 0 Å². The van der Waals surface area contributed by atoms with Crippen LogP contribution in [0.2, 0.25) is 0 Å². The second-order valence-corrected chi connectivity index (χ2v) is 7.59. The topological polar surface area (TPSA) is 99.2 Å². The van der Waals surface area contributed by atoms with E-state index in [-0.39, 0.29) is 31.2 Å². The molecule has 0 radical (unpaired) electrons. The van der Waals surface area contributed by atoms with Gasteiger partial charge < -0.3 is 19.0 Å². The van der Waals surface area contributed by atoms with Crippen LogP contribution in [-0.4, -0.2) is 61.6 Å². The van der Waals surface area contributed by atoms with Crippen molar-refractivity contribution < 1.29 is 33.4 Å². The molecule has 0 N–H and O–H groups in total. The first kappa shape index (κ1) is 21.9. The van der Waals surface area contributed by atoms with Gasteiger partial charge in [0.25, 0.3) is 0 Å². The second-order valence-electron chi connectivity index (χ2n) is 7.59. The number of ether oxygens (including phenoxy) is 3. The Kier molecular flexibility index (Phi) is 7.59. The molecule has 0 aromatic carbocycles. The maximum absolute atomic E-state index is 12.6. The van der Waals surface area contributed by atoms with Crippen molar-refractivity contribution in [1.82, 2.24) is 4.90 Å². The second kappa shape index (κ2) is 9.00. The molecule has 0 saturated carbocycles. The number of likely N-dealkylation sites (tertiary alicyclic amines) is 1. The Bertz CT molecular complexity index is 540. The van der Waals surface area contributed by atoms with E-state index in [0.717, 1.165) is 6.29 Å². The van der Waals surface area contributed by atoms with Gasteiger partial charge in [0.15, 0.2) is 0 Å². The molecule has 148 valence electrons. The van der Waals surface area contributed by atoms with Gasteiger partial charge in [0.05, 0.1) is 20.6 Å². The first-order chi connectivity index (χ1) is 12.1. The Hall–Kier alpha value is -2.12. The van der Waals surface area contributed by atoms with Crippen molar-refractivity contribution in [2.75, 3.05) is 20.8 Å². The summed E-state index contributed by atoms with van der Waals surface area (Å²) in [5.41, 5.74) is -0.734. The summed E-state index contributed by atoms with van der Waals surface area (Å²) in [6.07, 6.45) is 0.355. The first-order valence-corrected chi connectivity index (χ1v) is 8.63. The summed E-state index contributed by atoms with van der Waals surface area (Å²) >= 11 is 0. The van der Waals surface area contributed by atoms with Crippen molar-refractivity contribution in [2.24, 2.45) is 17.8 Å². The smallest absolute Gasteiger partial charge is 0.411 e. The molecule has 0 bridgehead atoms. The predicted octanol–water partition coefficient (Wildman–Crippen LogP) is 1.80. The summed E-state index contributed by atoms with van der Waals surface area (Å²) in [4.78, 5) is 49.2. The molecular weight excluding hydrogens is 342 g/mol. The molecule has 0 aliphatic carbocycles. The maximum atomic E-state index is 12.6. The third kappa shape index (κ3) is 5.44. The highest BCUT2D eigenvalue weighted by atomic mass is 16.6. The summed E-state index contributed by atoms with van der Waals surface area (Å²) in [5.74, 6) is -1.99. The van der Waals surface area contributed by atoms with Crippen LogP contribution >= 0.6 is 0 Å². The SMILES string of the molecule is COC(=O)C[C@H]1[C@@H]([C@@H](C)CC=O)CN(C(=O)OC(C)(C)C)[C@@H]1C(=O)OC. The molecule has 4 atom stereocenters. The minimum absolute atomic E-state index is 0.0522. The molecule has 1 saturated heterocycles. The fraction of sp³-hybridized carbons (Fsp3) is 0.778. The Morgan fingerprint density at radius 3 is 2.27 bits per heavy atom. The normalized spacial score (nSPS) is 23.9. The van der Waals surface area contributed by atoms with Crippen LogP contribution in [0.1, 0.15) is 40.5 Å². The van der Waals surface area contributed by atoms with Crippen molar-refractivity contribution >= 4 is 24.3 Å². The third-order valence-corrected chi connectivity index (χ3v) is 4.60. The number of esters is 2. The third-order valence-electron chi connectivity index (χ3n) is 4.60. The zero-order valence-corrected chi connectivity index (χ0v) is 16.3. The van der Waals surface area contributed by atoms with Crippen LogP contribution in [0.3, 0.4) is 0 Å². The molecule has 1 aliphatic heterocycles. The van der Waals surface area contributed by atoms with Crippen LogP contribution in [-0.2, 0) is 28.6 Å². The van der Waals surface area contributed by atoms with E-state index in [1.165, 1.54) is 19.1 Å². The molecule has 0 aromatic heterocycles. The zero-order chi connectivity index (χ0) is 20.1. The number of carbonyl (C=O) groups is 4. The lowest BCUT2D eigenvalue weighted by atomic mass is 9.79. The average molecular weight is 371 g/mol. The fourth-order valence-electron chi connectivity index (χ4n) is 3.34. The lowest BCUT2D eigenvalue weighted by Crippen LogP contribution is -2.46. The highest BCUT2D eigenvalue weighted by Crippen LogP contribution is 2.39. The van der Waals surface area contributed by atoms with Gasteiger partial charge in [-0.05, 0) is 32.6 Å². The minimum Gasteiger partial charge on any atom is -0.469 e. The average Bonchev–Trinajstić information content (AvgIpc) is 2.92. The van der Waals surface area contributed by atoms with Gasteiger partial charge in [-0.25, -0.2) is 9.59 Å². The molecule has 0 spiro atoms. The van der Waals surface area contributed by atoms with E-state index in [2.05, 4.69) is 0 Å². The van der Waals surface area contributed by atoms with Gasteiger partial charge in [0.1, 0.15) is 17.9 Å². The summed E-state index contributed by atoms with van der Waals surface area (Å²) in [5, 5.41) is 0. The van der Waals surface area contributed by atoms with Crippen LogP contribution in [0, 0.1) is 17.8 Å². The molecular formula is C18H29NO7. The van der Waals surface area contributed by atoms with Gasteiger partial charge >= 0.3 is 18.0 Å². The summed E-state index contributed by atoms with van der Waals surface area (Å²) in [6, 6.07) is -0.965. The van der Waals surface area contributed by atoms with Crippen LogP contribution in [0.15, 0.2) is 0 Å². The Labute approximate surface area is 154 Å². The molecule has 0 aromatic rings. The number of aldehydes is 1. The highest BCUT2D eigenvalue weighted by molar-refractivity contribution is 5.84. The molecule has 1 amide bonds. The van der Waals surface area contributed by atoms with E-state index >= 15 is 0 Å². The summed E-state index contributed by atoms with van der Waals surface area (Å²) in [7, 11) is 2.49. The molecule has 8 nitrogen and oxygen atoms in total. The van der Waals surface area contributed by atoms with Crippen molar-refractivity contribution in [2.45, 2.75) is 52.2 Å². The molecule has 1 heterocycles. The van der Waals surface area contributed by atoms with E-state index in [1.54, 1.807) is 20.8 Å². The Morgan fingerprint density at radius 1 is 1.19 bits per heavy atom. The lowest BCUT2D eigenvalue weighted by Gasteiger charge is -2.29. The number of methoxy groups -OCH3 is 2. The van der Waals surface area contributed by atoms with E-state index < -0.39 is 35.6 Å². The predicted molar refractivity (Wildman–Crippen MR) is 92.2 cm³/mol. The van der Waals surface area contributed by atoms with Crippen molar-refractivity contribution in [1.29, 1.82) is 0 Å². The molecule has 26 heavy (non-hydrogen) atoms. The monoisotopic (exact) mass is 371 g/mol. The number of rotatable bonds is 6. The van der Waals surface area contributed by atoms with Crippen molar-refractivity contribution in [3.05, 3.63) is 0 Å².